The lowest BCUT2D eigenvalue weighted by atomic mass is 10.2. The van der Waals surface area contributed by atoms with Gasteiger partial charge < -0.3 is 10.4 Å². The molecule has 3 aromatic rings. The van der Waals surface area contributed by atoms with Crippen LogP contribution in [0.3, 0.4) is 0 Å². The van der Waals surface area contributed by atoms with Crippen LogP contribution < -0.4 is 5.32 Å². The molecular formula is C20H18N4O5S. The molecule has 10 heteroatoms. The number of amides is 1. The highest BCUT2D eigenvalue weighted by Crippen LogP contribution is 2.33. The Hall–Kier alpha value is -3.66. The molecule has 1 aromatic heterocycles. The summed E-state index contributed by atoms with van der Waals surface area (Å²) in [5.74, 6) is -1.46. The van der Waals surface area contributed by atoms with Crippen molar-refractivity contribution in [3.8, 4) is 0 Å². The van der Waals surface area contributed by atoms with Crippen molar-refractivity contribution < 1.29 is 19.6 Å². The van der Waals surface area contributed by atoms with Crippen LogP contribution in [0, 0.1) is 17.0 Å². The summed E-state index contributed by atoms with van der Waals surface area (Å²) in [6, 6.07) is 12.1. The number of nitro groups is 1. The van der Waals surface area contributed by atoms with Gasteiger partial charge in [0.25, 0.3) is 11.6 Å². The summed E-state index contributed by atoms with van der Waals surface area (Å²) in [5.41, 5.74) is 1.47. The number of carbonyl (C=O) groups is 2. The van der Waals surface area contributed by atoms with E-state index in [-0.39, 0.29) is 29.9 Å². The number of aromatic nitrogens is 2. The van der Waals surface area contributed by atoms with Gasteiger partial charge in [-0.1, -0.05) is 29.5 Å². The van der Waals surface area contributed by atoms with Crippen LogP contribution in [-0.4, -0.2) is 31.7 Å². The normalized spacial score (nSPS) is 10.6. The third-order valence-corrected chi connectivity index (χ3v) is 5.05. The first kappa shape index (κ1) is 21.1. The predicted octanol–water partition coefficient (Wildman–Crippen LogP) is 3.98. The Labute approximate surface area is 175 Å². The third-order valence-electron chi connectivity index (χ3n) is 4.07. The van der Waals surface area contributed by atoms with Crippen molar-refractivity contribution in [3.63, 3.8) is 0 Å². The summed E-state index contributed by atoms with van der Waals surface area (Å²) in [5, 5.41) is 26.6. The molecule has 0 saturated carbocycles. The molecule has 2 aromatic carbocycles. The van der Waals surface area contributed by atoms with Crippen LogP contribution >= 0.6 is 11.8 Å². The fourth-order valence-corrected chi connectivity index (χ4v) is 3.49. The highest BCUT2D eigenvalue weighted by atomic mass is 32.2. The van der Waals surface area contributed by atoms with Gasteiger partial charge in [-0.05, 0) is 25.1 Å². The number of aryl methyl sites for hydroxylation is 2. The number of hydrogen-bond donors (Lipinski definition) is 2. The summed E-state index contributed by atoms with van der Waals surface area (Å²) in [7, 11) is 0. The molecule has 0 aliphatic rings. The summed E-state index contributed by atoms with van der Waals surface area (Å²) in [4.78, 5) is 35.5. The Balaban J connectivity index is 1.78. The van der Waals surface area contributed by atoms with Crippen LogP contribution in [0.2, 0.25) is 0 Å². The Morgan fingerprint density at radius 3 is 2.60 bits per heavy atom. The van der Waals surface area contributed by atoms with Gasteiger partial charge in [-0.25, -0.2) is 0 Å². The first-order valence-electron chi connectivity index (χ1n) is 8.90. The van der Waals surface area contributed by atoms with Crippen molar-refractivity contribution in [1.29, 1.82) is 0 Å². The van der Waals surface area contributed by atoms with Crippen LogP contribution in [0.1, 0.15) is 22.3 Å². The quantitative estimate of drug-likeness (QED) is 0.412. The number of nitrogens with one attached hydrogen (secondary N) is 1. The molecule has 154 valence electrons. The number of hydrogen-bond acceptors (Lipinski definition) is 6. The Kier molecular flexibility index (Phi) is 6.48. The van der Waals surface area contributed by atoms with E-state index in [1.165, 1.54) is 41.0 Å². The maximum Gasteiger partial charge on any atom is 0.305 e. The van der Waals surface area contributed by atoms with Crippen LogP contribution in [0.15, 0.2) is 64.6 Å². The van der Waals surface area contributed by atoms with E-state index in [0.29, 0.717) is 4.90 Å². The molecule has 1 amide bonds. The van der Waals surface area contributed by atoms with Crippen molar-refractivity contribution >= 4 is 35.0 Å². The molecule has 0 bridgehead atoms. The number of aliphatic carboxylic acids is 1. The standard InChI is InChI=1S/C20H18N4O5S/c1-13-2-4-17(5-3-13)30-18-9-15(8-16(10-18)24(28)29)22-20(27)14-11-21-23(12-14)7-6-19(25)26/h2-5,8-12H,6-7H2,1H3,(H,22,27)(H,25,26). The van der Waals surface area contributed by atoms with E-state index in [1.54, 1.807) is 6.07 Å². The van der Waals surface area contributed by atoms with Gasteiger partial charge >= 0.3 is 5.97 Å². The minimum Gasteiger partial charge on any atom is -0.481 e. The molecule has 0 fully saturated rings. The Morgan fingerprint density at radius 2 is 1.93 bits per heavy atom. The average Bonchev–Trinajstić information content (AvgIpc) is 3.17. The monoisotopic (exact) mass is 426 g/mol. The van der Waals surface area contributed by atoms with Crippen LogP contribution in [0.5, 0.6) is 0 Å². The first-order valence-corrected chi connectivity index (χ1v) is 9.71. The summed E-state index contributed by atoms with van der Waals surface area (Å²) >= 11 is 1.35. The lowest BCUT2D eigenvalue weighted by Gasteiger charge is -2.08. The highest BCUT2D eigenvalue weighted by molar-refractivity contribution is 7.99. The lowest BCUT2D eigenvalue weighted by Crippen LogP contribution is -2.11. The van der Waals surface area contributed by atoms with Crippen molar-refractivity contribution in [2.45, 2.75) is 29.7 Å². The molecule has 0 saturated heterocycles. The van der Waals surface area contributed by atoms with Crippen LogP contribution in [0.4, 0.5) is 11.4 Å². The zero-order chi connectivity index (χ0) is 21.7. The van der Waals surface area contributed by atoms with Crippen molar-refractivity contribution in [1.82, 2.24) is 9.78 Å². The largest absolute Gasteiger partial charge is 0.481 e. The van der Waals surface area contributed by atoms with Gasteiger partial charge in [0, 0.05) is 33.8 Å². The predicted molar refractivity (Wildman–Crippen MR) is 111 cm³/mol. The molecule has 0 atom stereocenters. The molecule has 0 spiro atoms. The van der Waals surface area contributed by atoms with Gasteiger partial charge in [0.1, 0.15) is 0 Å². The number of carbonyl (C=O) groups excluding carboxylic acids is 1. The zero-order valence-electron chi connectivity index (χ0n) is 15.9. The molecule has 1 heterocycles. The van der Waals surface area contributed by atoms with E-state index >= 15 is 0 Å². The number of non-ortho nitro benzene ring substituents is 1. The van der Waals surface area contributed by atoms with Crippen molar-refractivity contribution in [2.75, 3.05) is 5.32 Å². The zero-order valence-corrected chi connectivity index (χ0v) is 16.8. The molecule has 0 aliphatic heterocycles. The molecule has 0 radical (unpaired) electrons. The molecule has 9 nitrogen and oxygen atoms in total. The first-order chi connectivity index (χ1) is 14.3. The second-order valence-corrected chi connectivity index (χ2v) is 7.62. The number of nitrogens with zero attached hydrogens (tertiary/aromatic N) is 3. The van der Waals surface area contributed by atoms with Crippen molar-refractivity contribution in [2.24, 2.45) is 0 Å². The number of benzene rings is 2. The number of carboxylic acid groups (broad SMARTS) is 1. The minimum atomic E-state index is -0.966. The second-order valence-electron chi connectivity index (χ2n) is 6.48. The van der Waals surface area contributed by atoms with E-state index < -0.39 is 16.8 Å². The number of rotatable bonds is 8. The molecule has 30 heavy (non-hydrogen) atoms. The number of carboxylic acids is 1. The van der Waals surface area contributed by atoms with Gasteiger partial charge in [0.05, 0.1) is 29.6 Å². The van der Waals surface area contributed by atoms with Gasteiger partial charge in [-0.3, -0.25) is 24.4 Å². The maximum atomic E-state index is 12.5. The van der Waals surface area contributed by atoms with Crippen molar-refractivity contribution in [3.05, 3.63) is 76.1 Å². The molecular weight excluding hydrogens is 408 g/mol. The molecule has 3 rings (SSSR count). The average molecular weight is 426 g/mol. The fraction of sp³-hybridized carbons (Fsp3) is 0.150. The lowest BCUT2D eigenvalue weighted by molar-refractivity contribution is -0.385. The number of anilines is 1. The maximum absolute atomic E-state index is 12.5. The van der Waals surface area contributed by atoms with E-state index in [4.69, 9.17) is 5.11 Å². The molecule has 2 N–H and O–H groups in total. The van der Waals surface area contributed by atoms with E-state index in [1.807, 2.05) is 31.2 Å². The molecule has 0 unspecified atom stereocenters. The van der Waals surface area contributed by atoms with Gasteiger partial charge in [-0.15, -0.1) is 0 Å². The van der Waals surface area contributed by atoms with Gasteiger partial charge in [-0.2, -0.15) is 5.10 Å². The minimum absolute atomic E-state index is 0.118. The SMILES string of the molecule is Cc1ccc(Sc2cc(NC(=O)c3cnn(CCC(=O)O)c3)cc([N+](=O)[O-])c2)cc1. The summed E-state index contributed by atoms with van der Waals surface area (Å²) < 4.78 is 1.36. The third kappa shape index (κ3) is 5.67. The molecule has 0 aliphatic carbocycles. The fourth-order valence-electron chi connectivity index (χ4n) is 2.58. The number of nitro benzene ring substituents is 1. The van der Waals surface area contributed by atoms with E-state index in [9.17, 15) is 19.7 Å². The Morgan fingerprint density at radius 1 is 1.20 bits per heavy atom. The van der Waals surface area contributed by atoms with Crippen LogP contribution in [0.25, 0.3) is 0 Å². The van der Waals surface area contributed by atoms with E-state index in [0.717, 1.165) is 10.5 Å². The smallest absolute Gasteiger partial charge is 0.305 e. The highest BCUT2D eigenvalue weighted by Gasteiger charge is 2.15. The van der Waals surface area contributed by atoms with Gasteiger partial charge in [0.15, 0.2) is 0 Å². The Bertz CT molecular complexity index is 1090. The summed E-state index contributed by atoms with van der Waals surface area (Å²) in [6.45, 7) is 2.11. The van der Waals surface area contributed by atoms with Gasteiger partial charge in [0.2, 0.25) is 0 Å². The van der Waals surface area contributed by atoms with E-state index in [2.05, 4.69) is 10.4 Å². The topological polar surface area (TPSA) is 127 Å². The van der Waals surface area contributed by atoms with Crippen LogP contribution in [-0.2, 0) is 11.3 Å². The second kappa shape index (κ2) is 9.23. The summed E-state index contributed by atoms with van der Waals surface area (Å²) in [6.07, 6.45) is 2.63.